The second-order valence-corrected chi connectivity index (χ2v) is 4.29. The number of pyridine rings is 1. The normalized spacial score (nSPS) is 10.2. The number of esters is 1. The number of benzene rings is 1. The Morgan fingerprint density at radius 1 is 1.30 bits per heavy atom. The summed E-state index contributed by atoms with van der Waals surface area (Å²) in [6, 6.07) is 9.60. The van der Waals surface area contributed by atoms with Crippen molar-refractivity contribution in [2.75, 3.05) is 6.61 Å². The van der Waals surface area contributed by atoms with Crippen LogP contribution in [0.1, 0.15) is 18.9 Å². The monoisotopic (exact) mass is 272 g/mol. The maximum Gasteiger partial charge on any atom is 0.315 e. The molecule has 0 fully saturated rings. The molecule has 1 aromatic heterocycles. The lowest BCUT2D eigenvalue weighted by molar-refractivity contribution is -0.146. The molecule has 2 aromatic rings. The molecule has 0 saturated carbocycles. The molecule has 5 nitrogen and oxygen atoms in total. The van der Waals surface area contributed by atoms with Crippen molar-refractivity contribution in [2.45, 2.75) is 19.9 Å². The average Bonchev–Trinajstić information content (AvgIpc) is 2.45. The Hall–Kier alpha value is -2.43. The number of rotatable bonds is 5. The summed E-state index contributed by atoms with van der Waals surface area (Å²) in [7, 11) is 0. The van der Waals surface area contributed by atoms with E-state index in [1.165, 1.54) is 0 Å². The number of carbonyl (C=O) groups is 2. The number of aromatic nitrogens is 1. The van der Waals surface area contributed by atoms with E-state index in [0.717, 1.165) is 16.5 Å². The summed E-state index contributed by atoms with van der Waals surface area (Å²) in [5.41, 5.74) is 1.87. The zero-order valence-corrected chi connectivity index (χ0v) is 11.3. The van der Waals surface area contributed by atoms with Crippen molar-refractivity contribution < 1.29 is 14.3 Å². The van der Waals surface area contributed by atoms with E-state index in [9.17, 15) is 9.59 Å². The van der Waals surface area contributed by atoms with E-state index in [4.69, 9.17) is 4.74 Å². The first-order valence-corrected chi connectivity index (χ1v) is 6.45. The van der Waals surface area contributed by atoms with Gasteiger partial charge in [0.1, 0.15) is 6.42 Å². The molecule has 104 valence electrons. The summed E-state index contributed by atoms with van der Waals surface area (Å²) in [6.45, 7) is 2.37. The average molecular weight is 272 g/mol. The van der Waals surface area contributed by atoms with Crippen molar-refractivity contribution in [1.29, 1.82) is 0 Å². The number of nitrogens with zero attached hydrogens (tertiary/aromatic N) is 1. The third-order valence-electron chi connectivity index (χ3n) is 2.77. The zero-order chi connectivity index (χ0) is 14.4. The van der Waals surface area contributed by atoms with E-state index in [0.29, 0.717) is 6.54 Å². The first kappa shape index (κ1) is 14.0. The fraction of sp³-hybridized carbons (Fsp3) is 0.267. The van der Waals surface area contributed by atoms with Crippen LogP contribution in [0.3, 0.4) is 0 Å². The van der Waals surface area contributed by atoms with Gasteiger partial charge in [0.25, 0.3) is 0 Å². The van der Waals surface area contributed by atoms with Crippen molar-refractivity contribution >= 4 is 22.8 Å². The molecule has 0 aliphatic carbocycles. The summed E-state index contributed by atoms with van der Waals surface area (Å²) >= 11 is 0. The Morgan fingerprint density at radius 3 is 2.95 bits per heavy atom. The Morgan fingerprint density at radius 2 is 2.15 bits per heavy atom. The van der Waals surface area contributed by atoms with Crippen molar-refractivity contribution in [3.8, 4) is 0 Å². The number of hydrogen-bond donors (Lipinski definition) is 1. The van der Waals surface area contributed by atoms with E-state index < -0.39 is 5.97 Å². The van der Waals surface area contributed by atoms with Gasteiger partial charge in [-0.15, -0.1) is 0 Å². The first-order chi connectivity index (χ1) is 9.69. The summed E-state index contributed by atoms with van der Waals surface area (Å²) in [4.78, 5) is 26.9. The highest BCUT2D eigenvalue weighted by molar-refractivity contribution is 5.94. The van der Waals surface area contributed by atoms with Crippen LogP contribution in [-0.2, 0) is 20.9 Å². The number of hydrogen-bond acceptors (Lipinski definition) is 4. The molecule has 0 spiro atoms. The summed E-state index contributed by atoms with van der Waals surface area (Å²) < 4.78 is 4.71. The standard InChI is InChI=1S/C15H16N2O3/c1-2-20-15(19)9-14(18)17-10-11-5-6-13-12(8-11)4-3-7-16-13/h3-8H,2,9-10H2,1H3,(H,17,18). The Balaban J connectivity index is 1.92. The van der Waals surface area contributed by atoms with Crippen LogP contribution < -0.4 is 5.32 Å². The smallest absolute Gasteiger partial charge is 0.315 e. The molecule has 5 heteroatoms. The Bertz CT molecular complexity index is 625. The number of amides is 1. The molecule has 2 rings (SSSR count). The lowest BCUT2D eigenvalue weighted by Gasteiger charge is -2.06. The third kappa shape index (κ3) is 3.78. The largest absolute Gasteiger partial charge is 0.466 e. The molecule has 0 aliphatic rings. The van der Waals surface area contributed by atoms with Gasteiger partial charge in [0.15, 0.2) is 0 Å². The minimum Gasteiger partial charge on any atom is -0.466 e. The van der Waals surface area contributed by atoms with Gasteiger partial charge in [-0.1, -0.05) is 12.1 Å². The van der Waals surface area contributed by atoms with Crippen molar-refractivity contribution in [3.05, 3.63) is 42.1 Å². The Labute approximate surface area is 117 Å². The summed E-state index contributed by atoms with van der Waals surface area (Å²) in [5.74, 6) is -0.845. The molecule has 1 heterocycles. The first-order valence-electron chi connectivity index (χ1n) is 6.45. The fourth-order valence-corrected chi connectivity index (χ4v) is 1.84. The van der Waals surface area contributed by atoms with Crippen LogP contribution in [0.2, 0.25) is 0 Å². The van der Waals surface area contributed by atoms with E-state index in [-0.39, 0.29) is 18.9 Å². The van der Waals surface area contributed by atoms with Crippen LogP contribution in [0.5, 0.6) is 0 Å². The molecular weight excluding hydrogens is 256 g/mol. The molecule has 0 bridgehead atoms. The topological polar surface area (TPSA) is 68.3 Å². The molecule has 0 unspecified atom stereocenters. The predicted molar refractivity (Wildman–Crippen MR) is 74.8 cm³/mol. The SMILES string of the molecule is CCOC(=O)CC(=O)NCc1ccc2ncccc2c1. The maximum atomic E-state index is 11.5. The Kier molecular flexibility index (Phi) is 4.65. The molecule has 1 N–H and O–H groups in total. The molecule has 1 aromatic carbocycles. The van der Waals surface area contributed by atoms with Gasteiger partial charge in [-0.3, -0.25) is 14.6 Å². The maximum absolute atomic E-state index is 11.5. The van der Waals surface area contributed by atoms with Gasteiger partial charge in [0.05, 0.1) is 12.1 Å². The summed E-state index contributed by atoms with van der Waals surface area (Å²) in [6.07, 6.45) is 1.49. The number of nitrogens with one attached hydrogen (secondary N) is 1. The highest BCUT2D eigenvalue weighted by atomic mass is 16.5. The van der Waals surface area contributed by atoms with Crippen LogP contribution in [-0.4, -0.2) is 23.5 Å². The second kappa shape index (κ2) is 6.65. The van der Waals surface area contributed by atoms with E-state index in [2.05, 4.69) is 10.3 Å². The van der Waals surface area contributed by atoms with Gasteiger partial charge >= 0.3 is 5.97 Å². The van der Waals surface area contributed by atoms with Gasteiger partial charge in [0, 0.05) is 18.1 Å². The van der Waals surface area contributed by atoms with E-state index >= 15 is 0 Å². The van der Waals surface area contributed by atoms with Gasteiger partial charge in [-0.05, 0) is 30.7 Å². The predicted octanol–water partition coefficient (Wildman–Crippen LogP) is 1.80. The van der Waals surface area contributed by atoms with Gasteiger partial charge in [-0.25, -0.2) is 0 Å². The van der Waals surface area contributed by atoms with Crippen LogP contribution >= 0.6 is 0 Å². The van der Waals surface area contributed by atoms with Crippen molar-refractivity contribution in [1.82, 2.24) is 10.3 Å². The quantitative estimate of drug-likeness (QED) is 0.665. The van der Waals surface area contributed by atoms with Crippen LogP contribution in [0.4, 0.5) is 0 Å². The molecular formula is C15H16N2O3. The van der Waals surface area contributed by atoms with Crippen LogP contribution in [0.15, 0.2) is 36.5 Å². The fourth-order valence-electron chi connectivity index (χ4n) is 1.84. The second-order valence-electron chi connectivity index (χ2n) is 4.29. The van der Waals surface area contributed by atoms with E-state index in [1.54, 1.807) is 13.1 Å². The van der Waals surface area contributed by atoms with Crippen LogP contribution in [0.25, 0.3) is 10.9 Å². The molecule has 0 radical (unpaired) electrons. The third-order valence-corrected chi connectivity index (χ3v) is 2.77. The lowest BCUT2D eigenvalue weighted by Crippen LogP contribution is -2.26. The zero-order valence-electron chi connectivity index (χ0n) is 11.3. The molecule has 0 atom stereocenters. The molecule has 1 amide bonds. The highest BCUT2D eigenvalue weighted by Gasteiger charge is 2.09. The van der Waals surface area contributed by atoms with Gasteiger partial charge < -0.3 is 10.1 Å². The van der Waals surface area contributed by atoms with Gasteiger partial charge in [0.2, 0.25) is 5.91 Å². The number of ether oxygens (including phenoxy) is 1. The highest BCUT2D eigenvalue weighted by Crippen LogP contribution is 2.13. The number of carbonyl (C=O) groups excluding carboxylic acids is 2. The van der Waals surface area contributed by atoms with Gasteiger partial charge in [-0.2, -0.15) is 0 Å². The minimum absolute atomic E-state index is 0.247. The molecule has 0 aliphatic heterocycles. The molecule has 0 saturated heterocycles. The van der Waals surface area contributed by atoms with Crippen molar-refractivity contribution in [2.24, 2.45) is 0 Å². The van der Waals surface area contributed by atoms with Crippen LogP contribution in [0, 0.1) is 0 Å². The summed E-state index contributed by atoms with van der Waals surface area (Å²) in [5, 5.41) is 3.71. The lowest BCUT2D eigenvalue weighted by atomic mass is 10.1. The van der Waals surface area contributed by atoms with E-state index in [1.807, 2.05) is 30.3 Å². The molecule has 20 heavy (non-hydrogen) atoms. The minimum atomic E-state index is -0.507. The van der Waals surface area contributed by atoms with Crippen molar-refractivity contribution in [3.63, 3.8) is 0 Å². The number of fused-ring (bicyclic) bond motifs is 1.